The molecule has 3 nitrogen and oxygen atoms in total. The minimum atomic E-state index is 0.542. The summed E-state index contributed by atoms with van der Waals surface area (Å²) >= 11 is 3.50. The van der Waals surface area contributed by atoms with Gasteiger partial charge in [-0.2, -0.15) is 0 Å². The van der Waals surface area contributed by atoms with Crippen LogP contribution in [0.5, 0.6) is 5.75 Å². The van der Waals surface area contributed by atoms with Crippen LogP contribution in [0.3, 0.4) is 0 Å². The molecule has 21 heavy (non-hydrogen) atoms. The van der Waals surface area contributed by atoms with Crippen molar-refractivity contribution in [3.8, 4) is 5.75 Å². The lowest BCUT2D eigenvalue weighted by molar-refractivity contribution is 0.302. The molecule has 0 radical (unpaired) electrons. The topological polar surface area (TPSA) is 34.4 Å². The number of rotatable bonds is 6. The van der Waals surface area contributed by atoms with E-state index in [0.717, 1.165) is 33.9 Å². The molecule has 1 saturated carbocycles. The highest BCUT2D eigenvalue weighted by molar-refractivity contribution is 9.10. The Labute approximate surface area is 133 Å². The first-order valence-corrected chi connectivity index (χ1v) is 8.11. The first-order chi connectivity index (χ1) is 10.1. The van der Waals surface area contributed by atoms with Crippen LogP contribution in [-0.2, 0) is 13.2 Å². The average molecular weight is 350 g/mol. The second-order valence-corrected chi connectivity index (χ2v) is 6.50. The Hall–Kier alpha value is -1.26. The molecule has 1 heterocycles. The van der Waals surface area contributed by atoms with E-state index in [4.69, 9.17) is 9.15 Å². The number of furan rings is 1. The van der Waals surface area contributed by atoms with Crippen LogP contribution in [0.2, 0.25) is 0 Å². The van der Waals surface area contributed by atoms with Crippen LogP contribution in [0.4, 0.5) is 0 Å². The molecule has 0 aliphatic heterocycles. The van der Waals surface area contributed by atoms with Crippen molar-refractivity contribution < 1.29 is 9.15 Å². The van der Waals surface area contributed by atoms with Crippen molar-refractivity contribution in [1.82, 2.24) is 5.32 Å². The molecule has 0 saturated heterocycles. The summed E-state index contributed by atoms with van der Waals surface area (Å²) in [5.74, 6) is 2.82. The van der Waals surface area contributed by atoms with E-state index in [1.807, 2.05) is 25.1 Å². The van der Waals surface area contributed by atoms with Gasteiger partial charge in [0.15, 0.2) is 0 Å². The van der Waals surface area contributed by atoms with Crippen molar-refractivity contribution in [1.29, 1.82) is 0 Å². The van der Waals surface area contributed by atoms with Crippen LogP contribution in [0, 0.1) is 13.8 Å². The maximum Gasteiger partial charge on any atom is 0.120 e. The molecule has 4 heteroatoms. The van der Waals surface area contributed by atoms with E-state index >= 15 is 0 Å². The third-order valence-electron chi connectivity index (χ3n) is 3.74. The van der Waals surface area contributed by atoms with Crippen LogP contribution in [0.25, 0.3) is 0 Å². The molecular weight excluding hydrogens is 330 g/mol. The van der Waals surface area contributed by atoms with Gasteiger partial charge in [-0.1, -0.05) is 15.9 Å². The first-order valence-electron chi connectivity index (χ1n) is 7.32. The Morgan fingerprint density at radius 2 is 2.10 bits per heavy atom. The Balaban J connectivity index is 1.59. The van der Waals surface area contributed by atoms with E-state index in [1.54, 1.807) is 0 Å². The second-order valence-electron chi connectivity index (χ2n) is 5.65. The van der Waals surface area contributed by atoms with Gasteiger partial charge in [-0.15, -0.1) is 0 Å². The van der Waals surface area contributed by atoms with Gasteiger partial charge in [0.1, 0.15) is 23.9 Å². The van der Waals surface area contributed by atoms with E-state index < -0.39 is 0 Å². The number of hydrogen-bond acceptors (Lipinski definition) is 3. The molecule has 2 aromatic rings. The molecule has 0 unspecified atom stereocenters. The van der Waals surface area contributed by atoms with Gasteiger partial charge in [-0.3, -0.25) is 0 Å². The summed E-state index contributed by atoms with van der Waals surface area (Å²) in [7, 11) is 0. The second kappa shape index (κ2) is 6.24. The SMILES string of the molecule is Cc1cc(OCc2cc(CNC3CC3)oc2C)ccc1Br. The van der Waals surface area contributed by atoms with E-state index in [2.05, 4.69) is 34.2 Å². The molecule has 112 valence electrons. The zero-order chi connectivity index (χ0) is 14.8. The first kappa shape index (κ1) is 14.7. The zero-order valence-corrected chi connectivity index (χ0v) is 14.0. The molecule has 0 bridgehead atoms. The largest absolute Gasteiger partial charge is 0.489 e. The minimum Gasteiger partial charge on any atom is -0.489 e. The van der Waals surface area contributed by atoms with Gasteiger partial charge in [0, 0.05) is 16.1 Å². The Bertz CT molecular complexity index is 632. The number of benzene rings is 1. The van der Waals surface area contributed by atoms with Crippen molar-refractivity contribution in [2.24, 2.45) is 0 Å². The fraction of sp³-hybridized carbons (Fsp3) is 0.412. The van der Waals surface area contributed by atoms with Crippen molar-refractivity contribution in [2.75, 3.05) is 0 Å². The molecule has 1 aliphatic carbocycles. The summed E-state index contributed by atoms with van der Waals surface area (Å²) < 4.78 is 12.7. The summed E-state index contributed by atoms with van der Waals surface area (Å²) in [5, 5.41) is 3.46. The lowest BCUT2D eigenvalue weighted by Crippen LogP contribution is -2.14. The molecule has 0 amide bonds. The number of nitrogens with one attached hydrogen (secondary N) is 1. The molecule has 0 spiro atoms. The minimum absolute atomic E-state index is 0.542. The predicted molar refractivity (Wildman–Crippen MR) is 86.5 cm³/mol. The van der Waals surface area contributed by atoms with E-state index in [1.165, 1.54) is 18.4 Å². The molecule has 1 fully saturated rings. The highest BCUT2D eigenvalue weighted by atomic mass is 79.9. The van der Waals surface area contributed by atoms with Crippen LogP contribution in [0.1, 0.15) is 35.5 Å². The fourth-order valence-corrected chi connectivity index (χ4v) is 2.47. The van der Waals surface area contributed by atoms with Crippen LogP contribution in [0.15, 0.2) is 33.2 Å². The van der Waals surface area contributed by atoms with Gasteiger partial charge in [0.25, 0.3) is 0 Å². The van der Waals surface area contributed by atoms with Gasteiger partial charge < -0.3 is 14.5 Å². The Kier molecular flexibility index (Phi) is 4.36. The smallest absolute Gasteiger partial charge is 0.120 e. The normalized spacial score (nSPS) is 14.4. The predicted octanol–water partition coefficient (Wildman–Crippen LogP) is 4.49. The van der Waals surface area contributed by atoms with Crippen molar-refractivity contribution in [3.63, 3.8) is 0 Å². The highest BCUT2D eigenvalue weighted by Crippen LogP contribution is 2.24. The maximum atomic E-state index is 5.86. The van der Waals surface area contributed by atoms with Crippen LogP contribution in [-0.4, -0.2) is 6.04 Å². The average Bonchev–Trinajstić information content (AvgIpc) is 3.22. The lowest BCUT2D eigenvalue weighted by atomic mass is 10.2. The van der Waals surface area contributed by atoms with Gasteiger partial charge in [0.05, 0.1) is 6.54 Å². The molecule has 3 rings (SSSR count). The van der Waals surface area contributed by atoms with E-state index in [-0.39, 0.29) is 0 Å². The van der Waals surface area contributed by atoms with Crippen LogP contribution >= 0.6 is 15.9 Å². The fourth-order valence-electron chi connectivity index (χ4n) is 2.22. The van der Waals surface area contributed by atoms with Crippen molar-refractivity contribution in [3.05, 3.63) is 51.4 Å². The lowest BCUT2D eigenvalue weighted by Gasteiger charge is -2.07. The zero-order valence-electron chi connectivity index (χ0n) is 12.4. The summed E-state index contributed by atoms with van der Waals surface area (Å²) in [6.45, 7) is 5.40. The van der Waals surface area contributed by atoms with Crippen molar-refractivity contribution >= 4 is 15.9 Å². The molecule has 1 aromatic heterocycles. The van der Waals surface area contributed by atoms with E-state index in [0.29, 0.717) is 12.6 Å². The highest BCUT2D eigenvalue weighted by Gasteiger charge is 2.20. The number of aryl methyl sites for hydroxylation is 2. The monoisotopic (exact) mass is 349 g/mol. The molecule has 0 atom stereocenters. The van der Waals surface area contributed by atoms with E-state index in [9.17, 15) is 0 Å². The van der Waals surface area contributed by atoms with Gasteiger partial charge in [-0.25, -0.2) is 0 Å². The summed E-state index contributed by atoms with van der Waals surface area (Å²) in [4.78, 5) is 0. The quantitative estimate of drug-likeness (QED) is 0.834. The molecule has 1 aliphatic rings. The van der Waals surface area contributed by atoms with Crippen molar-refractivity contribution in [2.45, 2.75) is 45.9 Å². The van der Waals surface area contributed by atoms with Gasteiger partial charge >= 0.3 is 0 Å². The summed E-state index contributed by atoms with van der Waals surface area (Å²) in [6, 6.07) is 8.81. The third-order valence-corrected chi connectivity index (χ3v) is 4.63. The number of ether oxygens (including phenoxy) is 1. The Morgan fingerprint density at radius 3 is 2.81 bits per heavy atom. The number of halogens is 1. The Morgan fingerprint density at radius 1 is 1.29 bits per heavy atom. The molecule has 1 N–H and O–H groups in total. The molecular formula is C17H20BrNO2. The maximum absolute atomic E-state index is 5.86. The molecule has 1 aromatic carbocycles. The number of hydrogen-bond donors (Lipinski definition) is 1. The third kappa shape index (κ3) is 3.89. The summed E-state index contributed by atoms with van der Waals surface area (Å²) in [6.07, 6.45) is 2.58. The van der Waals surface area contributed by atoms with Crippen LogP contribution < -0.4 is 10.1 Å². The summed E-state index contributed by atoms with van der Waals surface area (Å²) in [5.41, 5.74) is 2.29. The van der Waals surface area contributed by atoms with Gasteiger partial charge in [-0.05, 0) is 56.5 Å². The van der Waals surface area contributed by atoms with Gasteiger partial charge in [0.2, 0.25) is 0 Å². The standard InChI is InChI=1S/C17H20BrNO2/c1-11-7-15(5-6-17(11)18)20-10-13-8-16(21-12(13)2)9-19-14-3-4-14/h5-8,14,19H,3-4,9-10H2,1-2H3.